The van der Waals surface area contributed by atoms with Crippen LogP contribution < -0.4 is 14.4 Å². The highest BCUT2D eigenvalue weighted by molar-refractivity contribution is 6.51. The Labute approximate surface area is 198 Å². The van der Waals surface area contributed by atoms with Crippen molar-refractivity contribution in [3.05, 3.63) is 88.8 Å². The van der Waals surface area contributed by atoms with Gasteiger partial charge in [0.25, 0.3) is 11.7 Å². The fourth-order valence-electron chi connectivity index (χ4n) is 4.09. The van der Waals surface area contributed by atoms with Crippen molar-refractivity contribution < 1.29 is 24.2 Å². The summed E-state index contributed by atoms with van der Waals surface area (Å²) in [7, 11) is 1.54. The summed E-state index contributed by atoms with van der Waals surface area (Å²) >= 11 is 0. The van der Waals surface area contributed by atoms with Gasteiger partial charge in [-0.1, -0.05) is 12.1 Å². The number of anilines is 1. The van der Waals surface area contributed by atoms with Crippen LogP contribution in [0.2, 0.25) is 0 Å². The first kappa shape index (κ1) is 23.0. The van der Waals surface area contributed by atoms with E-state index in [2.05, 4.69) is 4.98 Å². The fourth-order valence-corrected chi connectivity index (χ4v) is 4.09. The van der Waals surface area contributed by atoms with Gasteiger partial charge in [0.15, 0.2) is 11.5 Å². The zero-order valence-electron chi connectivity index (χ0n) is 19.5. The van der Waals surface area contributed by atoms with Crippen LogP contribution in [0.1, 0.15) is 35.2 Å². The van der Waals surface area contributed by atoms with Gasteiger partial charge in [0, 0.05) is 23.6 Å². The normalized spacial score (nSPS) is 17.2. The Hall–Kier alpha value is -4.13. The minimum Gasteiger partial charge on any atom is -0.507 e. The van der Waals surface area contributed by atoms with E-state index in [0.717, 1.165) is 11.1 Å². The first-order valence-electron chi connectivity index (χ1n) is 11.0. The molecular weight excluding hydrogens is 432 g/mol. The number of hydrogen-bond acceptors (Lipinski definition) is 6. The quantitative estimate of drug-likeness (QED) is 0.326. The molecule has 1 atom stereocenters. The van der Waals surface area contributed by atoms with E-state index in [4.69, 9.17) is 9.47 Å². The molecule has 0 radical (unpaired) electrons. The molecule has 2 heterocycles. The van der Waals surface area contributed by atoms with Crippen LogP contribution in [-0.2, 0) is 9.59 Å². The maximum Gasteiger partial charge on any atom is 0.300 e. The minimum absolute atomic E-state index is 0.00189. The van der Waals surface area contributed by atoms with E-state index >= 15 is 0 Å². The van der Waals surface area contributed by atoms with Crippen molar-refractivity contribution >= 4 is 23.1 Å². The van der Waals surface area contributed by atoms with Crippen LogP contribution in [0.15, 0.2) is 66.5 Å². The van der Waals surface area contributed by atoms with Crippen molar-refractivity contribution in [1.29, 1.82) is 0 Å². The van der Waals surface area contributed by atoms with Crippen molar-refractivity contribution in [2.75, 3.05) is 18.6 Å². The molecule has 1 saturated heterocycles. The summed E-state index contributed by atoms with van der Waals surface area (Å²) in [5.74, 6) is -0.713. The average Bonchev–Trinajstić information content (AvgIpc) is 3.11. The van der Waals surface area contributed by atoms with Crippen LogP contribution in [0.5, 0.6) is 11.5 Å². The van der Waals surface area contributed by atoms with E-state index in [1.165, 1.54) is 17.3 Å². The Morgan fingerprint density at radius 3 is 2.38 bits per heavy atom. The summed E-state index contributed by atoms with van der Waals surface area (Å²) in [4.78, 5) is 32.0. The Balaban J connectivity index is 1.97. The van der Waals surface area contributed by atoms with Crippen molar-refractivity contribution in [2.45, 2.75) is 26.8 Å². The number of carbonyl (C=O) groups excluding carboxylic acids is 2. The number of carbonyl (C=O) groups is 2. The molecule has 1 aliphatic heterocycles. The number of ketones is 1. The minimum atomic E-state index is -0.861. The SMILES string of the molecule is CCOc1cc(C2/C(=C(\O)c3ccncc3)C(=O)C(=O)N2c2ccc(C)c(C)c2)ccc1OC. The van der Waals surface area contributed by atoms with Gasteiger partial charge in [0.05, 0.1) is 25.3 Å². The molecule has 0 aliphatic carbocycles. The molecule has 4 rings (SSSR count). The third kappa shape index (κ3) is 4.01. The predicted molar refractivity (Wildman–Crippen MR) is 129 cm³/mol. The summed E-state index contributed by atoms with van der Waals surface area (Å²) in [5.41, 5.74) is 3.63. The standard InChI is InChI=1S/C27H26N2O5/c1-5-34-22-15-19(7-9-21(22)33-4)24-23(25(30)18-10-12-28-13-11-18)26(31)27(32)29(24)20-8-6-16(2)17(3)14-20/h6-15,24,30H,5H2,1-4H3/b25-23+. The van der Waals surface area contributed by atoms with E-state index in [1.807, 2.05) is 32.9 Å². The molecular formula is C27H26N2O5. The van der Waals surface area contributed by atoms with Gasteiger partial charge in [-0.15, -0.1) is 0 Å². The third-order valence-corrected chi connectivity index (χ3v) is 5.97. The summed E-state index contributed by atoms with van der Waals surface area (Å²) < 4.78 is 11.1. The molecule has 1 N–H and O–H groups in total. The highest BCUT2D eigenvalue weighted by Crippen LogP contribution is 2.44. The molecule has 2 aromatic carbocycles. The molecule has 1 amide bonds. The van der Waals surface area contributed by atoms with Crippen molar-refractivity contribution in [1.82, 2.24) is 4.98 Å². The molecule has 0 spiro atoms. The van der Waals surface area contributed by atoms with Crippen LogP contribution in [-0.4, -0.2) is 35.5 Å². The summed E-state index contributed by atoms with van der Waals surface area (Å²) in [6.45, 7) is 6.19. The number of hydrogen-bond donors (Lipinski definition) is 1. The Morgan fingerprint density at radius 2 is 1.74 bits per heavy atom. The molecule has 1 aliphatic rings. The first-order chi connectivity index (χ1) is 16.4. The van der Waals surface area contributed by atoms with Gasteiger partial charge in [0.2, 0.25) is 0 Å². The van der Waals surface area contributed by atoms with Crippen LogP contribution in [0.4, 0.5) is 5.69 Å². The largest absolute Gasteiger partial charge is 0.507 e. The van der Waals surface area contributed by atoms with E-state index in [9.17, 15) is 14.7 Å². The van der Waals surface area contributed by atoms with Crippen LogP contribution in [0, 0.1) is 13.8 Å². The number of aryl methyl sites for hydroxylation is 2. The summed E-state index contributed by atoms with van der Waals surface area (Å²) in [6.07, 6.45) is 3.04. The topological polar surface area (TPSA) is 89.0 Å². The number of aromatic nitrogens is 1. The fraction of sp³-hybridized carbons (Fsp3) is 0.222. The van der Waals surface area contributed by atoms with Gasteiger partial charge in [-0.25, -0.2) is 0 Å². The van der Waals surface area contributed by atoms with Gasteiger partial charge >= 0.3 is 0 Å². The Kier molecular flexibility index (Phi) is 6.36. The van der Waals surface area contributed by atoms with Gasteiger partial charge in [-0.05, 0) is 73.9 Å². The Morgan fingerprint density at radius 1 is 1.00 bits per heavy atom. The number of pyridine rings is 1. The van der Waals surface area contributed by atoms with E-state index in [0.29, 0.717) is 34.9 Å². The zero-order chi connectivity index (χ0) is 24.4. The van der Waals surface area contributed by atoms with Crippen LogP contribution in [0.25, 0.3) is 5.76 Å². The Bertz CT molecular complexity index is 1280. The lowest BCUT2D eigenvalue weighted by Gasteiger charge is -2.26. The molecule has 174 valence electrons. The molecule has 7 heteroatoms. The molecule has 3 aromatic rings. The van der Waals surface area contributed by atoms with Crippen LogP contribution in [0.3, 0.4) is 0 Å². The maximum absolute atomic E-state index is 13.3. The van der Waals surface area contributed by atoms with Gasteiger partial charge in [0.1, 0.15) is 5.76 Å². The van der Waals surface area contributed by atoms with Crippen molar-refractivity contribution in [2.24, 2.45) is 0 Å². The maximum atomic E-state index is 13.3. The number of ether oxygens (including phenoxy) is 2. The molecule has 1 fully saturated rings. The second kappa shape index (κ2) is 9.39. The molecule has 0 saturated carbocycles. The smallest absolute Gasteiger partial charge is 0.300 e. The average molecular weight is 459 g/mol. The van der Waals surface area contributed by atoms with Crippen molar-refractivity contribution in [3.8, 4) is 11.5 Å². The second-order valence-electron chi connectivity index (χ2n) is 8.02. The lowest BCUT2D eigenvalue weighted by atomic mass is 9.95. The van der Waals surface area contributed by atoms with Crippen molar-refractivity contribution in [3.63, 3.8) is 0 Å². The number of rotatable bonds is 6. The second-order valence-corrected chi connectivity index (χ2v) is 8.02. The molecule has 34 heavy (non-hydrogen) atoms. The molecule has 7 nitrogen and oxygen atoms in total. The van der Waals surface area contributed by atoms with Gasteiger partial charge in [-0.2, -0.15) is 0 Å². The van der Waals surface area contributed by atoms with Gasteiger partial charge in [-0.3, -0.25) is 19.5 Å². The predicted octanol–water partition coefficient (Wildman–Crippen LogP) is 4.73. The number of amides is 1. The highest BCUT2D eigenvalue weighted by Gasteiger charge is 2.47. The number of Topliss-reactive ketones (excluding diaryl/α,β-unsaturated/α-hetero) is 1. The van der Waals surface area contributed by atoms with Crippen LogP contribution >= 0.6 is 0 Å². The number of benzene rings is 2. The number of nitrogens with zero attached hydrogens (tertiary/aromatic N) is 2. The summed E-state index contributed by atoms with van der Waals surface area (Å²) in [6, 6.07) is 13.1. The summed E-state index contributed by atoms with van der Waals surface area (Å²) in [5, 5.41) is 11.2. The highest BCUT2D eigenvalue weighted by atomic mass is 16.5. The number of methoxy groups -OCH3 is 1. The lowest BCUT2D eigenvalue weighted by molar-refractivity contribution is -0.132. The molecule has 1 unspecified atom stereocenters. The number of aliphatic hydroxyl groups excluding tert-OH is 1. The van der Waals surface area contributed by atoms with Gasteiger partial charge < -0.3 is 14.6 Å². The monoisotopic (exact) mass is 458 g/mol. The lowest BCUT2D eigenvalue weighted by Crippen LogP contribution is -2.29. The molecule has 1 aromatic heterocycles. The molecule has 0 bridgehead atoms. The van der Waals surface area contributed by atoms with E-state index < -0.39 is 17.7 Å². The zero-order valence-corrected chi connectivity index (χ0v) is 19.5. The first-order valence-corrected chi connectivity index (χ1v) is 11.0. The van der Waals surface area contributed by atoms with E-state index in [1.54, 1.807) is 43.5 Å². The third-order valence-electron chi connectivity index (χ3n) is 5.97. The number of aliphatic hydroxyl groups is 1. The van der Waals surface area contributed by atoms with E-state index in [-0.39, 0.29) is 11.3 Å².